The summed E-state index contributed by atoms with van der Waals surface area (Å²) >= 11 is 0. The van der Waals surface area contributed by atoms with Crippen LogP contribution in [0, 0.1) is 5.82 Å². The molecule has 0 aliphatic heterocycles. The van der Waals surface area contributed by atoms with Gasteiger partial charge in [-0.15, -0.1) is 0 Å². The number of aliphatic hydroxyl groups excluding tert-OH is 1. The number of nitrogens with zero attached hydrogens (tertiary/aromatic N) is 2. The molecule has 0 aliphatic carbocycles. The Morgan fingerprint density at radius 2 is 2.00 bits per heavy atom. The molecule has 0 saturated carbocycles. The van der Waals surface area contributed by atoms with Gasteiger partial charge in [0.05, 0.1) is 11.6 Å². The van der Waals surface area contributed by atoms with Crippen molar-refractivity contribution in [1.29, 1.82) is 0 Å². The summed E-state index contributed by atoms with van der Waals surface area (Å²) in [4.78, 5) is 8.95. The summed E-state index contributed by atoms with van der Waals surface area (Å²) in [7, 11) is 0. The number of fused-ring (bicyclic) bond motifs is 1. The average molecular weight is 392 g/mol. The van der Waals surface area contributed by atoms with Crippen molar-refractivity contribution in [3.05, 3.63) is 73.0 Å². The fourth-order valence-electron chi connectivity index (χ4n) is 2.97. The predicted octanol–water partition coefficient (Wildman–Crippen LogP) is 5.57. The van der Waals surface area contributed by atoms with Gasteiger partial charge in [0.1, 0.15) is 6.61 Å². The van der Waals surface area contributed by atoms with Gasteiger partial charge >= 0.3 is 0 Å². The summed E-state index contributed by atoms with van der Waals surface area (Å²) in [6.07, 6.45) is 9.60. The zero-order chi connectivity index (χ0) is 20.6. The molecule has 1 N–H and O–H groups in total. The van der Waals surface area contributed by atoms with Crippen LogP contribution in [0.25, 0.3) is 28.1 Å². The van der Waals surface area contributed by atoms with E-state index in [1.807, 2.05) is 36.4 Å². The van der Waals surface area contributed by atoms with Crippen LogP contribution in [0.3, 0.4) is 0 Å². The Hall–Kier alpha value is -3.05. The smallest absolute Gasteiger partial charge is 0.165 e. The second kappa shape index (κ2) is 9.94. The van der Waals surface area contributed by atoms with Gasteiger partial charge in [-0.05, 0) is 67.7 Å². The van der Waals surface area contributed by atoms with E-state index in [0.717, 1.165) is 41.3 Å². The Bertz CT molecular complexity index is 1010. The van der Waals surface area contributed by atoms with E-state index in [4.69, 9.17) is 4.74 Å². The molecule has 150 valence electrons. The minimum absolute atomic E-state index is 0.211. The van der Waals surface area contributed by atoms with Crippen LogP contribution in [0.15, 0.2) is 61.3 Å². The van der Waals surface area contributed by atoms with Crippen LogP contribution in [0.1, 0.15) is 32.0 Å². The molecule has 3 rings (SSSR count). The summed E-state index contributed by atoms with van der Waals surface area (Å²) < 4.78 is 19.5. The lowest BCUT2D eigenvalue weighted by Gasteiger charge is -2.08. The number of halogens is 1. The molecule has 1 heterocycles. The first-order valence-corrected chi connectivity index (χ1v) is 9.72. The van der Waals surface area contributed by atoms with E-state index >= 15 is 0 Å². The molecule has 1 unspecified atom stereocenters. The SMILES string of the molecule is C=CCOc1ccc(-c2ccc3nc(C=CCCCC(C)O)ncc3c2)cc1F. The van der Waals surface area contributed by atoms with Crippen LogP contribution in [0.2, 0.25) is 0 Å². The molecular formula is C24H25FN2O2. The van der Waals surface area contributed by atoms with Gasteiger partial charge in [0, 0.05) is 11.6 Å². The summed E-state index contributed by atoms with van der Waals surface area (Å²) in [5.41, 5.74) is 2.48. The maximum Gasteiger partial charge on any atom is 0.165 e. The quantitative estimate of drug-likeness (QED) is 0.382. The number of ether oxygens (including phenoxy) is 1. The largest absolute Gasteiger partial charge is 0.486 e. The van der Waals surface area contributed by atoms with E-state index < -0.39 is 5.82 Å². The zero-order valence-corrected chi connectivity index (χ0v) is 16.5. The lowest BCUT2D eigenvalue weighted by atomic mass is 10.0. The van der Waals surface area contributed by atoms with Crippen LogP contribution in [-0.4, -0.2) is 27.8 Å². The standard InChI is InChI=1S/C24H25FN2O2/c1-3-13-29-23-12-10-19(15-21(23)25)18-9-11-22-20(14-18)16-26-24(27-22)8-6-4-5-7-17(2)28/h3,6,8-12,14-17,28H,1,4-5,7,13H2,2H3. The molecule has 0 bridgehead atoms. The van der Waals surface area contributed by atoms with E-state index in [1.54, 1.807) is 25.3 Å². The van der Waals surface area contributed by atoms with E-state index in [2.05, 4.69) is 16.5 Å². The minimum atomic E-state index is -0.406. The first-order chi connectivity index (χ1) is 14.1. The number of unbranched alkanes of at least 4 members (excludes halogenated alkanes) is 1. The minimum Gasteiger partial charge on any atom is -0.486 e. The molecule has 0 fully saturated rings. The number of rotatable bonds is 9. The second-order valence-electron chi connectivity index (χ2n) is 6.93. The molecule has 5 heteroatoms. The number of allylic oxidation sites excluding steroid dienone is 1. The Kier molecular flexibility index (Phi) is 7.09. The first kappa shape index (κ1) is 20.7. The van der Waals surface area contributed by atoms with Crippen LogP contribution in [0.5, 0.6) is 5.75 Å². The van der Waals surface area contributed by atoms with Gasteiger partial charge in [0.15, 0.2) is 17.4 Å². The summed E-state index contributed by atoms with van der Waals surface area (Å²) in [5, 5.41) is 10.2. The molecule has 4 nitrogen and oxygen atoms in total. The van der Waals surface area contributed by atoms with Gasteiger partial charge in [0.2, 0.25) is 0 Å². The molecule has 0 saturated heterocycles. The number of aromatic nitrogens is 2. The molecule has 3 aromatic rings. The Balaban J connectivity index is 1.74. The average Bonchev–Trinajstić information content (AvgIpc) is 2.72. The van der Waals surface area contributed by atoms with Gasteiger partial charge in [-0.3, -0.25) is 0 Å². The highest BCUT2D eigenvalue weighted by atomic mass is 19.1. The van der Waals surface area contributed by atoms with Crippen molar-refractivity contribution in [1.82, 2.24) is 9.97 Å². The number of benzene rings is 2. The van der Waals surface area contributed by atoms with Gasteiger partial charge in [-0.1, -0.05) is 30.9 Å². The van der Waals surface area contributed by atoms with E-state index in [9.17, 15) is 9.50 Å². The van der Waals surface area contributed by atoms with Gasteiger partial charge in [0.25, 0.3) is 0 Å². The lowest BCUT2D eigenvalue weighted by Crippen LogP contribution is -1.97. The lowest BCUT2D eigenvalue weighted by molar-refractivity contribution is 0.182. The third-order valence-electron chi connectivity index (χ3n) is 4.48. The highest BCUT2D eigenvalue weighted by Crippen LogP contribution is 2.28. The van der Waals surface area contributed by atoms with Crippen molar-refractivity contribution in [3.8, 4) is 16.9 Å². The topological polar surface area (TPSA) is 55.2 Å². The maximum absolute atomic E-state index is 14.2. The molecule has 0 amide bonds. The van der Waals surface area contributed by atoms with Gasteiger partial charge in [-0.25, -0.2) is 14.4 Å². The monoisotopic (exact) mass is 392 g/mol. The Labute approximate surface area is 170 Å². The van der Waals surface area contributed by atoms with E-state index in [1.165, 1.54) is 6.07 Å². The van der Waals surface area contributed by atoms with Crippen molar-refractivity contribution in [2.75, 3.05) is 6.61 Å². The van der Waals surface area contributed by atoms with Crippen LogP contribution in [-0.2, 0) is 0 Å². The van der Waals surface area contributed by atoms with Gasteiger partial charge < -0.3 is 9.84 Å². The maximum atomic E-state index is 14.2. The van der Waals surface area contributed by atoms with Crippen LogP contribution >= 0.6 is 0 Å². The van der Waals surface area contributed by atoms with Crippen molar-refractivity contribution in [2.24, 2.45) is 0 Å². The van der Waals surface area contributed by atoms with Crippen LogP contribution < -0.4 is 4.74 Å². The summed E-state index contributed by atoms with van der Waals surface area (Å²) in [5.74, 6) is 0.455. The molecule has 2 aromatic carbocycles. The molecule has 1 atom stereocenters. The third kappa shape index (κ3) is 5.72. The van der Waals surface area contributed by atoms with Crippen molar-refractivity contribution < 1.29 is 14.2 Å². The third-order valence-corrected chi connectivity index (χ3v) is 4.48. The van der Waals surface area contributed by atoms with E-state index in [0.29, 0.717) is 5.82 Å². The zero-order valence-electron chi connectivity index (χ0n) is 16.5. The number of hydrogen-bond acceptors (Lipinski definition) is 4. The van der Waals surface area contributed by atoms with Crippen molar-refractivity contribution in [3.63, 3.8) is 0 Å². The number of aliphatic hydroxyl groups is 1. The van der Waals surface area contributed by atoms with E-state index in [-0.39, 0.29) is 18.5 Å². The second-order valence-corrected chi connectivity index (χ2v) is 6.93. The molecule has 0 spiro atoms. The molecule has 0 radical (unpaired) electrons. The molecule has 29 heavy (non-hydrogen) atoms. The summed E-state index contributed by atoms with van der Waals surface area (Å²) in [6.45, 7) is 5.62. The number of hydrogen-bond donors (Lipinski definition) is 1. The molecular weight excluding hydrogens is 367 g/mol. The Morgan fingerprint density at radius 3 is 2.76 bits per heavy atom. The summed E-state index contributed by atoms with van der Waals surface area (Å²) in [6, 6.07) is 10.7. The normalized spacial score (nSPS) is 12.4. The highest BCUT2D eigenvalue weighted by molar-refractivity contribution is 5.84. The highest BCUT2D eigenvalue weighted by Gasteiger charge is 2.07. The fraction of sp³-hybridized carbons (Fsp3) is 0.250. The van der Waals surface area contributed by atoms with Gasteiger partial charge in [-0.2, -0.15) is 0 Å². The molecule has 1 aromatic heterocycles. The van der Waals surface area contributed by atoms with Crippen molar-refractivity contribution >= 4 is 17.0 Å². The first-order valence-electron chi connectivity index (χ1n) is 9.72. The fourth-order valence-corrected chi connectivity index (χ4v) is 2.97. The van der Waals surface area contributed by atoms with Crippen LogP contribution in [0.4, 0.5) is 4.39 Å². The Morgan fingerprint density at radius 1 is 1.21 bits per heavy atom. The molecule has 0 aliphatic rings. The van der Waals surface area contributed by atoms with Crippen molar-refractivity contribution in [2.45, 2.75) is 32.3 Å². The predicted molar refractivity (Wildman–Crippen MR) is 115 cm³/mol.